The van der Waals surface area contributed by atoms with Crippen LogP contribution in [0, 0.1) is 6.92 Å². The SMILES string of the molecule is Cc1cn(C2CCCC2)c(NCC2CCCS2)n1. The summed E-state index contributed by atoms with van der Waals surface area (Å²) < 4.78 is 2.39. The van der Waals surface area contributed by atoms with Gasteiger partial charge in [0.25, 0.3) is 0 Å². The molecule has 3 rings (SSSR count). The fourth-order valence-electron chi connectivity index (χ4n) is 3.12. The Morgan fingerprint density at radius 3 is 2.89 bits per heavy atom. The molecule has 0 aromatic carbocycles. The van der Waals surface area contributed by atoms with Crippen molar-refractivity contribution in [1.82, 2.24) is 9.55 Å². The van der Waals surface area contributed by atoms with Gasteiger partial charge in [0.2, 0.25) is 5.95 Å². The van der Waals surface area contributed by atoms with Crippen LogP contribution in [0.4, 0.5) is 5.95 Å². The molecule has 1 saturated carbocycles. The van der Waals surface area contributed by atoms with E-state index in [0.29, 0.717) is 6.04 Å². The van der Waals surface area contributed by atoms with E-state index in [0.717, 1.165) is 23.4 Å². The van der Waals surface area contributed by atoms with E-state index < -0.39 is 0 Å². The highest BCUT2D eigenvalue weighted by atomic mass is 32.2. The molecule has 100 valence electrons. The van der Waals surface area contributed by atoms with Gasteiger partial charge >= 0.3 is 0 Å². The number of hydrogen-bond donors (Lipinski definition) is 1. The van der Waals surface area contributed by atoms with Gasteiger partial charge in [-0.25, -0.2) is 4.98 Å². The van der Waals surface area contributed by atoms with E-state index in [4.69, 9.17) is 0 Å². The van der Waals surface area contributed by atoms with Gasteiger partial charge in [0.1, 0.15) is 0 Å². The van der Waals surface area contributed by atoms with Crippen molar-refractivity contribution >= 4 is 17.7 Å². The number of nitrogens with zero attached hydrogens (tertiary/aromatic N) is 2. The Balaban J connectivity index is 1.66. The zero-order chi connectivity index (χ0) is 12.4. The van der Waals surface area contributed by atoms with Crippen LogP contribution in [0.25, 0.3) is 0 Å². The fraction of sp³-hybridized carbons (Fsp3) is 0.786. The van der Waals surface area contributed by atoms with Crippen molar-refractivity contribution in [3.8, 4) is 0 Å². The molecule has 1 aliphatic heterocycles. The number of rotatable bonds is 4. The standard InChI is InChI=1S/C14H23N3S/c1-11-10-17(12-5-2-3-6-12)14(16-11)15-9-13-7-4-8-18-13/h10,12-13H,2-9H2,1H3,(H,15,16). The summed E-state index contributed by atoms with van der Waals surface area (Å²) in [7, 11) is 0. The second-order valence-electron chi connectivity index (χ2n) is 5.57. The molecule has 0 amide bonds. The van der Waals surface area contributed by atoms with Gasteiger partial charge in [-0.2, -0.15) is 11.8 Å². The van der Waals surface area contributed by atoms with E-state index >= 15 is 0 Å². The summed E-state index contributed by atoms with van der Waals surface area (Å²) in [6.07, 6.45) is 10.4. The van der Waals surface area contributed by atoms with E-state index in [-0.39, 0.29) is 0 Å². The van der Waals surface area contributed by atoms with Crippen LogP contribution in [0.2, 0.25) is 0 Å². The minimum Gasteiger partial charge on any atom is -0.355 e. The average molecular weight is 265 g/mol. The smallest absolute Gasteiger partial charge is 0.203 e. The van der Waals surface area contributed by atoms with E-state index in [9.17, 15) is 0 Å². The van der Waals surface area contributed by atoms with Crippen LogP contribution < -0.4 is 5.32 Å². The highest BCUT2D eigenvalue weighted by Gasteiger charge is 2.21. The average Bonchev–Trinajstić information content (AvgIpc) is 3.08. The molecule has 0 bridgehead atoms. The molecule has 1 saturated heterocycles. The second kappa shape index (κ2) is 5.55. The first-order valence-corrected chi connectivity index (χ1v) is 8.29. The summed E-state index contributed by atoms with van der Waals surface area (Å²) >= 11 is 2.11. The maximum atomic E-state index is 4.66. The van der Waals surface area contributed by atoms with Gasteiger partial charge in [0, 0.05) is 24.0 Å². The lowest BCUT2D eigenvalue weighted by atomic mass is 10.2. The number of aromatic nitrogens is 2. The first-order valence-electron chi connectivity index (χ1n) is 7.24. The molecule has 18 heavy (non-hydrogen) atoms. The highest BCUT2D eigenvalue weighted by molar-refractivity contribution is 8.00. The Labute approximate surface area is 114 Å². The van der Waals surface area contributed by atoms with E-state index in [1.807, 2.05) is 0 Å². The minimum absolute atomic E-state index is 0.685. The zero-order valence-corrected chi connectivity index (χ0v) is 12.0. The molecule has 0 radical (unpaired) electrons. The Bertz CT molecular complexity index is 390. The summed E-state index contributed by atoms with van der Waals surface area (Å²) in [5.41, 5.74) is 1.14. The fourth-order valence-corrected chi connectivity index (χ4v) is 4.32. The molecule has 3 nitrogen and oxygen atoms in total. The molecular weight excluding hydrogens is 242 g/mol. The summed E-state index contributed by atoms with van der Waals surface area (Å²) in [6, 6.07) is 0.685. The number of thioether (sulfide) groups is 1. The maximum Gasteiger partial charge on any atom is 0.203 e. The molecule has 2 heterocycles. The predicted molar refractivity (Wildman–Crippen MR) is 78.4 cm³/mol. The molecule has 2 aliphatic rings. The number of hydrogen-bond acceptors (Lipinski definition) is 3. The molecule has 1 N–H and O–H groups in total. The largest absolute Gasteiger partial charge is 0.355 e. The van der Waals surface area contributed by atoms with Crippen LogP contribution in [0.1, 0.15) is 50.3 Å². The van der Waals surface area contributed by atoms with E-state index in [1.165, 1.54) is 44.3 Å². The maximum absolute atomic E-state index is 4.66. The summed E-state index contributed by atoms with van der Waals surface area (Å²) in [5, 5.41) is 4.37. The van der Waals surface area contributed by atoms with Crippen molar-refractivity contribution in [1.29, 1.82) is 0 Å². The lowest BCUT2D eigenvalue weighted by Gasteiger charge is -2.17. The predicted octanol–water partition coefficient (Wildman–Crippen LogP) is 3.61. The van der Waals surface area contributed by atoms with Crippen molar-refractivity contribution in [3.05, 3.63) is 11.9 Å². The van der Waals surface area contributed by atoms with Crippen molar-refractivity contribution < 1.29 is 0 Å². The monoisotopic (exact) mass is 265 g/mol. The molecule has 4 heteroatoms. The molecule has 1 aliphatic carbocycles. The molecule has 0 spiro atoms. The number of aryl methyl sites for hydroxylation is 1. The Morgan fingerprint density at radius 1 is 1.33 bits per heavy atom. The normalized spacial score (nSPS) is 24.8. The number of imidazole rings is 1. The third-order valence-corrected chi connectivity index (χ3v) is 5.48. The lowest BCUT2D eigenvalue weighted by molar-refractivity contribution is 0.522. The van der Waals surface area contributed by atoms with Crippen LogP contribution in [0.3, 0.4) is 0 Å². The van der Waals surface area contributed by atoms with Crippen LogP contribution in [-0.2, 0) is 0 Å². The molecule has 1 aromatic heterocycles. The molecule has 2 fully saturated rings. The molecular formula is C14H23N3S. The van der Waals surface area contributed by atoms with Gasteiger partial charge in [0.05, 0.1) is 5.69 Å². The number of anilines is 1. The van der Waals surface area contributed by atoms with E-state index in [1.54, 1.807) is 0 Å². The lowest BCUT2D eigenvalue weighted by Crippen LogP contribution is -2.17. The van der Waals surface area contributed by atoms with Gasteiger partial charge in [-0.05, 0) is 38.4 Å². The number of nitrogens with one attached hydrogen (secondary N) is 1. The highest BCUT2D eigenvalue weighted by Crippen LogP contribution is 2.32. The van der Waals surface area contributed by atoms with Gasteiger partial charge in [-0.3, -0.25) is 0 Å². The van der Waals surface area contributed by atoms with Crippen molar-refractivity contribution in [2.24, 2.45) is 0 Å². The summed E-state index contributed by atoms with van der Waals surface area (Å²) in [6.45, 7) is 3.18. The van der Waals surface area contributed by atoms with Crippen LogP contribution in [-0.4, -0.2) is 27.1 Å². The van der Waals surface area contributed by atoms with E-state index in [2.05, 4.69) is 39.8 Å². The van der Waals surface area contributed by atoms with Crippen LogP contribution >= 0.6 is 11.8 Å². The first-order chi connectivity index (χ1) is 8.83. The minimum atomic E-state index is 0.685. The third kappa shape index (κ3) is 2.68. The summed E-state index contributed by atoms with van der Waals surface area (Å²) in [5.74, 6) is 2.44. The van der Waals surface area contributed by atoms with Gasteiger partial charge in [-0.1, -0.05) is 12.8 Å². The third-order valence-electron chi connectivity index (χ3n) is 4.08. The molecule has 1 unspecified atom stereocenters. The van der Waals surface area contributed by atoms with Crippen LogP contribution in [0.5, 0.6) is 0 Å². The van der Waals surface area contributed by atoms with Gasteiger partial charge in [0.15, 0.2) is 0 Å². The topological polar surface area (TPSA) is 29.9 Å². The Kier molecular flexibility index (Phi) is 3.83. The van der Waals surface area contributed by atoms with Gasteiger partial charge < -0.3 is 9.88 Å². The van der Waals surface area contributed by atoms with Crippen molar-refractivity contribution in [2.45, 2.75) is 56.7 Å². The second-order valence-corrected chi connectivity index (χ2v) is 6.98. The molecule has 1 atom stereocenters. The Hall–Kier alpha value is -0.640. The quantitative estimate of drug-likeness (QED) is 0.902. The Morgan fingerprint density at radius 2 is 2.17 bits per heavy atom. The van der Waals surface area contributed by atoms with Crippen LogP contribution in [0.15, 0.2) is 6.20 Å². The molecule has 1 aromatic rings. The first kappa shape index (κ1) is 12.4. The van der Waals surface area contributed by atoms with Gasteiger partial charge in [-0.15, -0.1) is 0 Å². The van der Waals surface area contributed by atoms with Crippen molar-refractivity contribution in [2.75, 3.05) is 17.6 Å². The zero-order valence-electron chi connectivity index (χ0n) is 11.2. The summed E-state index contributed by atoms with van der Waals surface area (Å²) in [4.78, 5) is 4.66. The van der Waals surface area contributed by atoms with Crippen molar-refractivity contribution in [3.63, 3.8) is 0 Å².